The minimum atomic E-state index is -0.625. The molecule has 8 nitrogen and oxygen atoms in total. The van der Waals surface area contributed by atoms with Gasteiger partial charge < -0.3 is 25.6 Å². The van der Waals surface area contributed by atoms with Gasteiger partial charge in [0.2, 0.25) is 0 Å². The van der Waals surface area contributed by atoms with Crippen molar-refractivity contribution in [3.63, 3.8) is 0 Å². The van der Waals surface area contributed by atoms with Gasteiger partial charge in [-0.2, -0.15) is 0 Å². The maximum Gasteiger partial charge on any atom is 0.255 e. The van der Waals surface area contributed by atoms with Gasteiger partial charge in [0.05, 0.1) is 24.3 Å². The third-order valence-electron chi connectivity index (χ3n) is 6.48. The predicted molar refractivity (Wildman–Crippen MR) is 134 cm³/mol. The molecule has 0 radical (unpaired) electrons. The molecule has 2 aliphatic heterocycles. The fraction of sp³-hybridized carbons (Fsp3) is 0.222. The van der Waals surface area contributed by atoms with Gasteiger partial charge >= 0.3 is 0 Å². The molecule has 190 valence electrons. The van der Waals surface area contributed by atoms with Crippen LogP contribution in [0, 0.1) is 11.6 Å². The standard InChI is InChI=1S/C27H24F2N4O4/c1-30-26(35)21-5-4-19(22-14-31-27(36)24(21)22)20-3-2-17(13-23(20)29)32-25(34)15-10-16(28)12-18(11-15)33-6-8-37-9-7-33/h2-5,10-13H,6-9,14H2,1H3,(H,30,35)(H,31,36)(H,32,34). The molecule has 3 amide bonds. The Morgan fingerprint density at radius 2 is 1.73 bits per heavy atom. The molecule has 0 bridgehead atoms. The van der Waals surface area contributed by atoms with Crippen LogP contribution in [-0.2, 0) is 11.3 Å². The van der Waals surface area contributed by atoms with Crippen molar-refractivity contribution in [3.8, 4) is 11.1 Å². The van der Waals surface area contributed by atoms with Gasteiger partial charge in [-0.25, -0.2) is 8.78 Å². The summed E-state index contributed by atoms with van der Waals surface area (Å²) in [5, 5.41) is 7.80. The van der Waals surface area contributed by atoms with Gasteiger partial charge in [-0.3, -0.25) is 14.4 Å². The highest BCUT2D eigenvalue weighted by Gasteiger charge is 2.29. The summed E-state index contributed by atoms with van der Waals surface area (Å²) in [4.78, 5) is 39.4. The van der Waals surface area contributed by atoms with Crippen LogP contribution in [0.2, 0.25) is 0 Å². The van der Waals surface area contributed by atoms with Crippen LogP contribution >= 0.6 is 0 Å². The van der Waals surface area contributed by atoms with Crippen molar-refractivity contribution in [2.45, 2.75) is 6.54 Å². The molecule has 0 spiro atoms. The van der Waals surface area contributed by atoms with Gasteiger partial charge in [0.1, 0.15) is 11.6 Å². The topological polar surface area (TPSA) is 99.8 Å². The number of anilines is 2. The van der Waals surface area contributed by atoms with E-state index in [2.05, 4.69) is 16.0 Å². The van der Waals surface area contributed by atoms with E-state index in [0.29, 0.717) is 43.1 Å². The zero-order valence-corrected chi connectivity index (χ0v) is 20.0. The number of morpholine rings is 1. The van der Waals surface area contributed by atoms with E-state index in [1.807, 2.05) is 4.90 Å². The van der Waals surface area contributed by atoms with E-state index in [1.54, 1.807) is 12.1 Å². The van der Waals surface area contributed by atoms with E-state index in [1.165, 1.54) is 37.4 Å². The second kappa shape index (κ2) is 9.98. The Kier molecular flexibility index (Phi) is 6.58. The number of rotatable bonds is 5. The first-order valence-corrected chi connectivity index (χ1v) is 11.8. The number of fused-ring (bicyclic) bond motifs is 1. The molecule has 0 aromatic heterocycles. The molecule has 5 rings (SSSR count). The molecule has 3 N–H and O–H groups in total. The van der Waals surface area contributed by atoms with E-state index in [0.717, 1.165) is 6.07 Å². The van der Waals surface area contributed by atoms with Crippen molar-refractivity contribution in [2.24, 2.45) is 0 Å². The number of hydrogen-bond donors (Lipinski definition) is 3. The Morgan fingerprint density at radius 1 is 0.973 bits per heavy atom. The van der Waals surface area contributed by atoms with Crippen LogP contribution in [0.3, 0.4) is 0 Å². The molecular formula is C27H24F2N4O4. The molecule has 2 aliphatic rings. The molecule has 0 atom stereocenters. The summed E-state index contributed by atoms with van der Waals surface area (Å²) in [5.74, 6) is -2.56. The lowest BCUT2D eigenvalue weighted by molar-refractivity contribution is 0.0932. The molecule has 1 saturated heterocycles. The summed E-state index contributed by atoms with van der Waals surface area (Å²) in [6.45, 7) is 2.38. The Balaban J connectivity index is 1.40. The van der Waals surface area contributed by atoms with Crippen LogP contribution in [0.1, 0.15) is 36.6 Å². The van der Waals surface area contributed by atoms with Gasteiger partial charge in [-0.05, 0) is 53.6 Å². The van der Waals surface area contributed by atoms with Gasteiger partial charge in [0, 0.05) is 49.2 Å². The Hall–Kier alpha value is -4.31. The quantitative estimate of drug-likeness (QED) is 0.493. The smallest absolute Gasteiger partial charge is 0.255 e. The van der Waals surface area contributed by atoms with Crippen LogP contribution in [0.4, 0.5) is 20.2 Å². The van der Waals surface area contributed by atoms with E-state index in [-0.39, 0.29) is 34.5 Å². The number of benzene rings is 3. The largest absolute Gasteiger partial charge is 0.378 e. The summed E-state index contributed by atoms with van der Waals surface area (Å²) in [7, 11) is 1.47. The number of carbonyl (C=O) groups excluding carboxylic acids is 3. The zero-order chi connectivity index (χ0) is 26.1. The highest BCUT2D eigenvalue weighted by Crippen LogP contribution is 2.34. The molecule has 1 fully saturated rings. The molecule has 10 heteroatoms. The first-order valence-electron chi connectivity index (χ1n) is 11.8. The van der Waals surface area contributed by atoms with E-state index < -0.39 is 29.4 Å². The molecule has 37 heavy (non-hydrogen) atoms. The molecule has 2 heterocycles. The number of hydrogen-bond acceptors (Lipinski definition) is 5. The van der Waals surface area contributed by atoms with Gasteiger partial charge in [0.25, 0.3) is 17.7 Å². The summed E-state index contributed by atoms with van der Waals surface area (Å²) in [6, 6.07) is 11.4. The van der Waals surface area contributed by atoms with Crippen LogP contribution < -0.4 is 20.9 Å². The lowest BCUT2D eigenvalue weighted by Gasteiger charge is -2.29. The second-order valence-corrected chi connectivity index (χ2v) is 8.72. The average molecular weight is 507 g/mol. The monoisotopic (exact) mass is 506 g/mol. The van der Waals surface area contributed by atoms with Crippen molar-refractivity contribution >= 4 is 29.1 Å². The highest BCUT2D eigenvalue weighted by molar-refractivity contribution is 6.11. The van der Waals surface area contributed by atoms with E-state index in [4.69, 9.17) is 4.74 Å². The Labute approximate surface area is 211 Å². The van der Waals surface area contributed by atoms with E-state index >= 15 is 4.39 Å². The van der Waals surface area contributed by atoms with Crippen LogP contribution in [0.25, 0.3) is 11.1 Å². The van der Waals surface area contributed by atoms with Crippen LogP contribution in [0.5, 0.6) is 0 Å². The van der Waals surface area contributed by atoms with Crippen LogP contribution in [-0.4, -0.2) is 51.1 Å². The lowest BCUT2D eigenvalue weighted by Crippen LogP contribution is -2.36. The number of halogens is 2. The predicted octanol–water partition coefficient (Wildman–Crippen LogP) is 3.32. The number of ether oxygens (including phenoxy) is 1. The summed E-state index contributed by atoms with van der Waals surface area (Å²) < 4.78 is 34.8. The normalized spacial score (nSPS) is 14.7. The molecule has 0 unspecified atom stereocenters. The summed E-state index contributed by atoms with van der Waals surface area (Å²) in [6.07, 6.45) is 0. The van der Waals surface area contributed by atoms with Crippen molar-refractivity contribution < 1.29 is 27.9 Å². The van der Waals surface area contributed by atoms with Gasteiger partial charge in [0.15, 0.2) is 0 Å². The molecule has 0 aliphatic carbocycles. The SMILES string of the molecule is CNC(=O)c1ccc(-c2ccc(NC(=O)c3cc(F)cc(N4CCOCC4)c3)cc2F)c2c1C(=O)NC2. The van der Waals surface area contributed by atoms with Crippen molar-refractivity contribution in [2.75, 3.05) is 43.6 Å². The third-order valence-corrected chi connectivity index (χ3v) is 6.48. The number of amides is 3. The molecule has 3 aromatic carbocycles. The van der Waals surface area contributed by atoms with Gasteiger partial charge in [-0.1, -0.05) is 6.07 Å². The van der Waals surface area contributed by atoms with Crippen molar-refractivity contribution in [1.29, 1.82) is 0 Å². The maximum atomic E-state index is 15.2. The average Bonchev–Trinajstić information content (AvgIpc) is 3.30. The molecule has 0 saturated carbocycles. The summed E-state index contributed by atoms with van der Waals surface area (Å²) in [5.41, 5.74) is 2.52. The summed E-state index contributed by atoms with van der Waals surface area (Å²) >= 11 is 0. The van der Waals surface area contributed by atoms with Crippen molar-refractivity contribution in [3.05, 3.63) is 82.4 Å². The van der Waals surface area contributed by atoms with Gasteiger partial charge in [-0.15, -0.1) is 0 Å². The lowest BCUT2D eigenvalue weighted by atomic mass is 9.92. The number of nitrogens with zero attached hydrogens (tertiary/aromatic N) is 1. The first-order chi connectivity index (χ1) is 17.9. The molecule has 3 aromatic rings. The minimum Gasteiger partial charge on any atom is -0.378 e. The fourth-order valence-electron chi connectivity index (χ4n) is 4.65. The number of nitrogens with one attached hydrogen (secondary N) is 3. The van der Waals surface area contributed by atoms with Crippen LogP contribution in [0.15, 0.2) is 48.5 Å². The Bertz CT molecular complexity index is 1420. The molecular weight excluding hydrogens is 482 g/mol. The minimum absolute atomic E-state index is 0.109. The second-order valence-electron chi connectivity index (χ2n) is 8.72. The maximum absolute atomic E-state index is 15.2. The first kappa shape index (κ1) is 24.4. The highest BCUT2D eigenvalue weighted by atomic mass is 19.1. The zero-order valence-electron chi connectivity index (χ0n) is 20.0. The third kappa shape index (κ3) is 4.75. The number of carbonyl (C=O) groups is 3. The van der Waals surface area contributed by atoms with E-state index in [9.17, 15) is 18.8 Å². The fourth-order valence-corrected chi connectivity index (χ4v) is 4.65. The Morgan fingerprint density at radius 3 is 2.46 bits per heavy atom. The van der Waals surface area contributed by atoms with Crippen molar-refractivity contribution in [1.82, 2.24) is 10.6 Å².